The molecule has 144 valence electrons. The maximum atomic E-state index is 6.33. The van der Waals surface area contributed by atoms with Gasteiger partial charge in [0.25, 0.3) is 0 Å². The molecule has 0 aromatic carbocycles. The van der Waals surface area contributed by atoms with E-state index in [0.717, 1.165) is 50.3 Å². The first-order valence-corrected chi connectivity index (χ1v) is 10.2. The average molecular weight is 367 g/mol. The van der Waals surface area contributed by atoms with Gasteiger partial charge in [0.2, 0.25) is 0 Å². The number of hydrogen-bond acceptors (Lipinski definition) is 5. The molecule has 2 aromatic rings. The summed E-state index contributed by atoms with van der Waals surface area (Å²) in [4.78, 5) is 13.5. The van der Waals surface area contributed by atoms with E-state index in [9.17, 15) is 0 Å². The molecule has 0 radical (unpaired) electrons. The maximum Gasteiger partial charge on any atom is 0.0727 e. The second-order valence-corrected chi connectivity index (χ2v) is 8.24. The molecule has 3 heterocycles. The van der Waals surface area contributed by atoms with Gasteiger partial charge in [-0.05, 0) is 57.7 Å². The van der Waals surface area contributed by atoms with Crippen molar-refractivity contribution >= 4 is 0 Å². The number of nitrogens with one attached hydrogen (secondary N) is 1. The minimum Gasteiger partial charge on any atom is -0.375 e. The first kappa shape index (κ1) is 18.5. The fourth-order valence-corrected chi connectivity index (χ4v) is 4.94. The van der Waals surface area contributed by atoms with E-state index in [0.29, 0.717) is 0 Å². The highest BCUT2D eigenvalue weighted by Gasteiger charge is 2.48. The quantitative estimate of drug-likeness (QED) is 0.790. The van der Waals surface area contributed by atoms with Gasteiger partial charge in [-0.2, -0.15) is 0 Å². The molecule has 1 aliphatic heterocycles. The van der Waals surface area contributed by atoms with Crippen molar-refractivity contribution in [3.8, 4) is 0 Å². The lowest BCUT2D eigenvalue weighted by molar-refractivity contribution is -0.104. The van der Waals surface area contributed by atoms with Crippen LogP contribution in [0, 0.1) is 6.92 Å². The van der Waals surface area contributed by atoms with Crippen LogP contribution in [0.5, 0.6) is 0 Å². The molecule has 1 atom stereocenters. The topological polar surface area (TPSA) is 59.9 Å². The van der Waals surface area contributed by atoms with Crippen LogP contribution >= 0.6 is 0 Å². The van der Waals surface area contributed by atoms with E-state index in [1.807, 2.05) is 25.4 Å². The van der Waals surface area contributed by atoms with Gasteiger partial charge in [-0.3, -0.25) is 15.0 Å². The van der Waals surface area contributed by atoms with Crippen LogP contribution in [0.3, 0.4) is 0 Å². The smallest absolute Gasteiger partial charge is 0.0727 e. The van der Waals surface area contributed by atoms with Gasteiger partial charge in [-0.1, -0.05) is 18.9 Å². The van der Waals surface area contributed by atoms with Crippen LogP contribution < -0.4 is 5.32 Å². The third kappa shape index (κ3) is 4.19. The molecule has 5 heteroatoms. The van der Waals surface area contributed by atoms with Gasteiger partial charge >= 0.3 is 0 Å². The molecule has 1 saturated carbocycles. The Morgan fingerprint density at radius 1 is 1.15 bits per heavy atom. The number of ether oxygens (including phenoxy) is 1. The number of pyridine rings is 1. The van der Waals surface area contributed by atoms with Crippen molar-refractivity contribution in [1.29, 1.82) is 0 Å². The summed E-state index contributed by atoms with van der Waals surface area (Å²) in [6, 6.07) is 6.34. The number of aryl methyl sites for hydroxylation is 1. The van der Waals surface area contributed by atoms with Crippen LogP contribution in [-0.4, -0.2) is 33.7 Å². The summed E-state index contributed by atoms with van der Waals surface area (Å²) in [5, 5.41) is 3.58. The molecule has 2 aliphatic rings. The van der Waals surface area contributed by atoms with E-state index in [1.165, 1.54) is 31.4 Å². The third-order valence-corrected chi connectivity index (χ3v) is 6.26. The standard InChI is InChI=1S/C22H30N4O/c1-18-14-24-16-19(26-18)15-23-12-9-21(20-6-2-5-11-25-20)10-13-27-22(17-21)7-3-4-8-22/h2,5-6,11,14,16,23H,3-4,7-10,12-13,15,17H2,1H3/t21-/m1/s1. The Morgan fingerprint density at radius 2 is 2.04 bits per heavy atom. The zero-order valence-electron chi connectivity index (χ0n) is 16.3. The van der Waals surface area contributed by atoms with Crippen LogP contribution in [0.1, 0.15) is 62.0 Å². The van der Waals surface area contributed by atoms with E-state index in [-0.39, 0.29) is 11.0 Å². The highest BCUT2D eigenvalue weighted by molar-refractivity contribution is 5.20. The van der Waals surface area contributed by atoms with Crippen molar-refractivity contribution < 1.29 is 4.74 Å². The van der Waals surface area contributed by atoms with Crippen LogP contribution in [0.25, 0.3) is 0 Å². The molecule has 0 amide bonds. The highest BCUT2D eigenvalue weighted by Crippen LogP contribution is 2.49. The predicted octanol–water partition coefficient (Wildman–Crippen LogP) is 3.72. The fourth-order valence-electron chi connectivity index (χ4n) is 4.94. The SMILES string of the molecule is Cc1cncc(CNCC[C@@]2(c3ccccn3)CCOC3(CCCC3)C2)n1. The van der Waals surface area contributed by atoms with E-state index < -0.39 is 0 Å². The molecule has 2 aromatic heterocycles. The Labute approximate surface area is 162 Å². The van der Waals surface area contributed by atoms with Crippen LogP contribution in [-0.2, 0) is 16.7 Å². The van der Waals surface area contributed by atoms with Crippen molar-refractivity contribution in [1.82, 2.24) is 20.3 Å². The molecular weight excluding hydrogens is 336 g/mol. The zero-order valence-corrected chi connectivity index (χ0v) is 16.3. The molecule has 1 N–H and O–H groups in total. The van der Waals surface area contributed by atoms with Crippen molar-refractivity contribution in [3.05, 3.63) is 53.9 Å². The molecule has 1 aliphatic carbocycles. The van der Waals surface area contributed by atoms with E-state index in [1.54, 1.807) is 6.20 Å². The van der Waals surface area contributed by atoms with E-state index >= 15 is 0 Å². The maximum absolute atomic E-state index is 6.33. The number of nitrogens with zero attached hydrogens (tertiary/aromatic N) is 3. The van der Waals surface area contributed by atoms with Crippen LogP contribution in [0.2, 0.25) is 0 Å². The predicted molar refractivity (Wildman–Crippen MR) is 105 cm³/mol. The molecule has 0 bridgehead atoms. The molecule has 4 rings (SSSR count). The number of rotatable bonds is 6. The van der Waals surface area contributed by atoms with Crippen LogP contribution in [0.4, 0.5) is 0 Å². The molecule has 1 spiro atoms. The second kappa shape index (κ2) is 8.03. The van der Waals surface area contributed by atoms with E-state index in [4.69, 9.17) is 9.72 Å². The number of aromatic nitrogens is 3. The second-order valence-electron chi connectivity index (χ2n) is 8.24. The normalized spacial score (nSPS) is 24.3. The molecule has 0 unspecified atom stereocenters. The van der Waals surface area contributed by atoms with Gasteiger partial charge in [-0.15, -0.1) is 0 Å². The van der Waals surface area contributed by atoms with Crippen LogP contribution in [0.15, 0.2) is 36.8 Å². The monoisotopic (exact) mass is 366 g/mol. The summed E-state index contributed by atoms with van der Waals surface area (Å²) in [5.74, 6) is 0. The summed E-state index contributed by atoms with van der Waals surface area (Å²) in [7, 11) is 0. The van der Waals surface area contributed by atoms with Gasteiger partial charge in [-0.25, -0.2) is 0 Å². The third-order valence-electron chi connectivity index (χ3n) is 6.26. The lowest BCUT2D eigenvalue weighted by atomic mass is 9.68. The zero-order chi connectivity index (χ0) is 18.6. The van der Waals surface area contributed by atoms with Gasteiger partial charge in [0.05, 0.1) is 17.0 Å². The minimum atomic E-state index is 0.0811. The molecular formula is C22H30N4O. The Balaban J connectivity index is 1.45. The summed E-state index contributed by atoms with van der Waals surface area (Å²) < 4.78 is 6.33. The number of hydrogen-bond donors (Lipinski definition) is 1. The molecule has 2 fully saturated rings. The molecule has 27 heavy (non-hydrogen) atoms. The van der Waals surface area contributed by atoms with Gasteiger partial charge in [0.15, 0.2) is 0 Å². The first-order valence-electron chi connectivity index (χ1n) is 10.2. The Hall–Kier alpha value is -1.85. The summed E-state index contributed by atoms with van der Waals surface area (Å²) >= 11 is 0. The van der Waals surface area contributed by atoms with Crippen molar-refractivity contribution in [3.63, 3.8) is 0 Å². The largest absolute Gasteiger partial charge is 0.375 e. The summed E-state index contributed by atoms with van der Waals surface area (Å²) in [6.45, 7) is 4.53. The van der Waals surface area contributed by atoms with Crippen molar-refractivity contribution in [2.24, 2.45) is 0 Å². The van der Waals surface area contributed by atoms with E-state index in [2.05, 4.69) is 27.4 Å². The highest BCUT2D eigenvalue weighted by atomic mass is 16.5. The Morgan fingerprint density at radius 3 is 2.81 bits per heavy atom. The van der Waals surface area contributed by atoms with Gasteiger partial charge in [0, 0.05) is 42.9 Å². The fraction of sp³-hybridized carbons (Fsp3) is 0.591. The van der Waals surface area contributed by atoms with Crippen molar-refractivity contribution in [2.45, 2.75) is 69.4 Å². The Kier molecular flexibility index (Phi) is 5.50. The summed E-state index contributed by atoms with van der Waals surface area (Å²) in [5.41, 5.74) is 3.39. The lowest BCUT2D eigenvalue weighted by Crippen LogP contribution is -2.47. The lowest BCUT2D eigenvalue weighted by Gasteiger charge is -2.46. The minimum absolute atomic E-state index is 0.0811. The average Bonchev–Trinajstić information content (AvgIpc) is 3.13. The molecule has 1 saturated heterocycles. The molecule has 5 nitrogen and oxygen atoms in total. The van der Waals surface area contributed by atoms with Gasteiger partial charge < -0.3 is 10.1 Å². The Bertz CT molecular complexity index is 745. The first-order chi connectivity index (χ1) is 13.2. The summed E-state index contributed by atoms with van der Waals surface area (Å²) in [6.07, 6.45) is 13.8. The van der Waals surface area contributed by atoms with Crippen molar-refractivity contribution in [2.75, 3.05) is 13.2 Å². The van der Waals surface area contributed by atoms with Gasteiger partial charge in [0.1, 0.15) is 0 Å².